The van der Waals surface area contributed by atoms with Gasteiger partial charge in [-0.05, 0) is 61.6 Å². The van der Waals surface area contributed by atoms with Crippen molar-refractivity contribution in [1.82, 2.24) is 24.6 Å². The SMILES string of the molecule is C#Cc1ccc2nc(Nc3cc(CN(C)C)cc(-c4cnn(C)c4)c3)ncc2c1. The molecule has 6 heteroatoms. The summed E-state index contributed by atoms with van der Waals surface area (Å²) in [5.74, 6) is 3.18. The summed E-state index contributed by atoms with van der Waals surface area (Å²) >= 11 is 0. The van der Waals surface area contributed by atoms with Gasteiger partial charge < -0.3 is 10.2 Å². The molecule has 0 spiro atoms. The molecule has 0 aliphatic rings. The maximum Gasteiger partial charge on any atom is 0.227 e. The number of hydrogen-bond donors (Lipinski definition) is 1. The van der Waals surface area contributed by atoms with Crippen molar-refractivity contribution in [3.8, 4) is 23.5 Å². The van der Waals surface area contributed by atoms with Crippen molar-refractivity contribution < 1.29 is 0 Å². The largest absolute Gasteiger partial charge is 0.324 e. The number of hydrogen-bond acceptors (Lipinski definition) is 5. The first kappa shape index (κ1) is 18.7. The van der Waals surface area contributed by atoms with E-state index in [4.69, 9.17) is 6.42 Å². The van der Waals surface area contributed by atoms with Crippen LogP contribution in [0.15, 0.2) is 55.0 Å². The van der Waals surface area contributed by atoms with Crippen LogP contribution in [0, 0.1) is 12.3 Å². The zero-order valence-electron chi connectivity index (χ0n) is 16.7. The summed E-state index contributed by atoms with van der Waals surface area (Å²) in [4.78, 5) is 11.2. The van der Waals surface area contributed by atoms with Gasteiger partial charge in [0.15, 0.2) is 0 Å². The van der Waals surface area contributed by atoms with Gasteiger partial charge in [0.1, 0.15) is 0 Å². The van der Waals surface area contributed by atoms with Crippen LogP contribution in [0.1, 0.15) is 11.1 Å². The van der Waals surface area contributed by atoms with Crippen LogP contribution in [0.5, 0.6) is 0 Å². The molecule has 2 aromatic carbocycles. The topological polar surface area (TPSA) is 58.9 Å². The second kappa shape index (κ2) is 7.74. The molecule has 144 valence electrons. The van der Waals surface area contributed by atoms with Crippen LogP contribution in [-0.4, -0.2) is 38.7 Å². The lowest BCUT2D eigenvalue weighted by Crippen LogP contribution is -2.11. The van der Waals surface area contributed by atoms with Crippen molar-refractivity contribution in [1.29, 1.82) is 0 Å². The fourth-order valence-corrected chi connectivity index (χ4v) is 3.27. The fraction of sp³-hybridized carbons (Fsp3) is 0.174. The molecule has 0 saturated carbocycles. The van der Waals surface area contributed by atoms with Gasteiger partial charge in [-0.1, -0.05) is 5.92 Å². The Balaban J connectivity index is 1.70. The average molecular weight is 382 g/mol. The first-order valence-corrected chi connectivity index (χ1v) is 9.28. The van der Waals surface area contributed by atoms with Crippen LogP contribution in [0.3, 0.4) is 0 Å². The number of aryl methyl sites for hydroxylation is 1. The molecule has 0 fully saturated rings. The molecular formula is C23H22N6. The molecule has 29 heavy (non-hydrogen) atoms. The zero-order chi connectivity index (χ0) is 20.4. The number of aromatic nitrogens is 4. The Hall–Kier alpha value is -3.69. The molecule has 0 unspecified atom stereocenters. The number of benzene rings is 2. The van der Waals surface area contributed by atoms with Crippen LogP contribution in [0.25, 0.3) is 22.0 Å². The summed E-state index contributed by atoms with van der Waals surface area (Å²) in [6.45, 7) is 0.830. The molecule has 0 atom stereocenters. The van der Waals surface area contributed by atoms with Gasteiger partial charge in [-0.15, -0.1) is 6.42 Å². The summed E-state index contributed by atoms with van der Waals surface area (Å²) in [5.41, 5.74) is 5.95. The van der Waals surface area contributed by atoms with E-state index < -0.39 is 0 Å². The first-order valence-electron chi connectivity index (χ1n) is 9.28. The lowest BCUT2D eigenvalue weighted by Gasteiger charge is -2.14. The van der Waals surface area contributed by atoms with E-state index in [1.807, 2.05) is 37.6 Å². The lowest BCUT2D eigenvalue weighted by molar-refractivity contribution is 0.402. The van der Waals surface area contributed by atoms with Gasteiger partial charge in [-0.3, -0.25) is 4.68 Å². The van der Waals surface area contributed by atoms with Crippen LogP contribution in [0.2, 0.25) is 0 Å². The standard InChI is InChI=1S/C23H22N6/c1-5-16-6-7-22-19(8-16)12-24-23(27-22)26-21-10-17(14-28(2)3)9-18(11-21)20-13-25-29(4)15-20/h1,6-13,15H,14H2,2-4H3,(H,24,26,27). The first-order chi connectivity index (χ1) is 14.0. The third-order valence-corrected chi connectivity index (χ3v) is 4.53. The van der Waals surface area contributed by atoms with E-state index in [9.17, 15) is 0 Å². The Morgan fingerprint density at radius 3 is 2.69 bits per heavy atom. The van der Waals surface area contributed by atoms with Gasteiger partial charge in [0, 0.05) is 48.2 Å². The minimum absolute atomic E-state index is 0.546. The molecule has 0 amide bonds. The van der Waals surface area contributed by atoms with Gasteiger partial charge in [-0.2, -0.15) is 5.10 Å². The van der Waals surface area contributed by atoms with Gasteiger partial charge in [0.2, 0.25) is 5.95 Å². The van der Waals surface area contributed by atoms with Crippen LogP contribution in [0.4, 0.5) is 11.6 Å². The van der Waals surface area contributed by atoms with E-state index in [2.05, 4.69) is 63.5 Å². The average Bonchev–Trinajstić information content (AvgIpc) is 3.13. The van der Waals surface area contributed by atoms with Gasteiger partial charge in [-0.25, -0.2) is 9.97 Å². The van der Waals surface area contributed by atoms with Crippen molar-refractivity contribution in [3.05, 3.63) is 66.1 Å². The fourth-order valence-electron chi connectivity index (χ4n) is 3.27. The molecule has 0 saturated heterocycles. The quantitative estimate of drug-likeness (QED) is 0.532. The number of terminal acetylenes is 1. The maximum absolute atomic E-state index is 5.47. The maximum atomic E-state index is 5.47. The van der Waals surface area contributed by atoms with E-state index in [1.165, 1.54) is 5.56 Å². The predicted molar refractivity (Wildman–Crippen MR) is 117 cm³/mol. The summed E-state index contributed by atoms with van der Waals surface area (Å²) in [5, 5.41) is 8.56. The van der Waals surface area contributed by atoms with Crippen LogP contribution < -0.4 is 5.32 Å². The Kier molecular flexibility index (Phi) is 4.98. The third-order valence-electron chi connectivity index (χ3n) is 4.53. The second-order valence-electron chi connectivity index (χ2n) is 7.30. The van der Waals surface area contributed by atoms with E-state index in [0.29, 0.717) is 5.95 Å². The highest BCUT2D eigenvalue weighted by atomic mass is 15.2. The minimum atomic E-state index is 0.546. The molecule has 1 N–H and O–H groups in total. The number of nitrogens with one attached hydrogen (secondary N) is 1. The predicted octanol–water partition coefficient (Wildman–Crippen LogP) is 3.82. The van der Waals surface area contributed by atoms with E-state index in [-0.39, 0.29) is 0 Å². The lowest BCUT2D eigenvalue weighted by atomic mass is 10.0. The molecule has 2 heterocycles. The van der Waals surface area contributed by atoms with Crippen molar-refractivity contribution in [2.24, 2.45) is 7.05 Å². The van der Waals surface area contributed by atoms with E-state index >= 15 is 0 Å². The number of rotatable bonds is 5. The Morgan fingerprint density at radius 1 is 1.10 bits per heavy atom. The number of nitrogens with zero attached hydrogens (tertiary/aromatic N) is 5. The molecule has 0 bridgehead atoms. The smallest absolute Gasteiger partial charge is 0.227 e. The van der Waals surface area contributed by atoms with Crippen molar-refractivity contribution in [2.45, 2.75) is 6.54 Å². The highest BCUT2D eigenvalue weighted by Crippen LogP contribution is 2.27. The number of fused-ring (bicyclic) bond motifs is 1. The van der Waals surface area contributed by atoms with Gasteiger partial charge in [0.25, 0.3) is 0 Å². The highest BCUT2D eigenvalue weighted by Gasteiger charge is 2.08. The summed E-state index contributed by atoms with van der Waals surface area (Å²) in [6.07, 6.45) is 11.1. The molecular weight excluding hydrogens is 360 g/mol. The molecule has 0 aliphatic heterocycles. The summed E-state index contributed by atoms with van der Waals surface area (Å²) in [7, 11) is 6.03. The Labute approximate surface area is 170 Å². The molecule has 6 nitrogen and oxygen atoms in total. The minimum Gasteiger partial charge on any atom is -0.324 e. The van der Waals surface area contributed by atoms with Crippen molar-refractivity contribution in [2.75, 3.05) is 19.4 Å². The monoisotopic (exact) mass is 382 g/mol. The van der Waals surface area contributed by atoms with Crippen molar-refractivity contribution in [3.63, 3.8) is 0 Å². The van der Waals surface area contributed by atoms with E-state index in [0.717, 1.165) is 39.8 Å². The van der Waals surface area contributed by atoms with Gasteiger partial charge >= 0.3 is 0 Å². The van der Waals surface area contributed by atoms with E-state index in [1.54, 1.807) is 10.9 Å². The highest BCUT2D eigenvalue weighted by molar-refractivity contribution is 5.81. The molecule has 4 aromatic rings. The third kappa shape index (κ3) is 4.26. The molecule has 4 rings (SSSR count). The summed E-state index contributed by atoms with van der Waals surface area (Å²) < 4.78 is 1.80. The Bertz CT molecular complexity index is 1220. The molecule has 0 radical (unpaired) electrons. The Morgan fingerprint density at radius 2 is 1.97 bits per heavy atom. The van der Waals surface area contributed by atoms with Gasteiger partial charge in [0.05, 0.1) is 11.7 Å². The zero-order valence-corrected chi connectivity index (χ0v) is 16.7. The number of anilines is 2. The van der Waals surface area contributed by atoms with Crippen molar-refractivity contribution >= 4 is 22.5 Å². The molecule has 2 aromatic heterocycles. The van der Waals surface area contributed by atoms with Crippen LogP contribution in [-0.2, 0) is 13.6 Å². The summed E-state index contributed by atoms with van der Waals surface area (Å²) in [6, 6.07) is 12.1. The van der Waals surface area contributed by atoms with Crippen LogP contribution >= 0.6 is 0 Å². The second-order valence-corrected chi connectivity index (χ2v) is 7.30. The molecule has 0 aliphatic carbocycles. The normalized spacial score (nSPS) is 11.0.